The molecule has 0 aliphatic carbocycles. The lowest BCUT2D eigenvalue weighted by atomic mass is 9.93. The number of hydrogen-bond donors (Lipinski definition) is 2. The zero-order valence-corrected chi connectivity index (χ0v) is 12.6. The van der Waals surface area contributed by atoms with E-state index in [0.29, 0.717) is 19.4 Å². The summed E-state index contributed by atoms with van der Waals surface area (Å²) >= 11 is 1.64. The van der Waals surface area contributed by atoms with Gasteiger partial charge in [-0.25, -0.2) is 0 Å². The van der Waals surface area contributed by atoms with E-state index in [9.17, 15) is 15.0 Å². The Kier molecular flexibility index (Phi) is 3.97. The van der Waals surface area contributed by atoms with E-state index in [1.807, 2.05) is 18.2 Å². The first kappa shape index (κ1) is 14.5. The summed E-state index contributed by atoms with van der Waals surface area (Å²) < 4.78 is 1.19. The molecule has 1 aliphatic heterocycles. The number of aliphatic hydroxyl groups is 2. The van der Waals surface area contributed by atoms with Crippen molar-refractivity contribution in [3.8, 4) is 0 Å². The lowest BCUT2D eigenvalue weighted by molar-refractivity contribution is -0.139. The van der Waals surface area contributed by atoms with E-state index in [4.69, 9.17) is 0 Å². The first-order chi connectivity index (χ1) is 10.1. The summed E-state index contributed by atoms with van der Waals surface area (Å²) in [5.74, 6) is 0.0214. The number of rotatable bonds is 3. The lowest BCUT2D eigenvalue weighted by Crippen LogP contribution is -2.52. The number of aliphatic hydroxyl groups excluding tert-OH is 1. The van der Waals surface area contributed by atoms with Crippen LogP contribution in [-0.4, -0.2) is 46.3 Å². The van der Waals surface area contributed by atoms with E-state index in [1.165, 1.54) is 4.70 Å². The van der Waals surface area contributed by atoms with Gasteiger partial charge in [0.25, 0.3) is 0 Å². The Morgan fingerprint density at radius 3 is 2.95 bits per heavy atom. The van der Waals surface area contributed by atoms with Crippen LogP contribution in [0.5, 0.6) is 0 Å². The number of thiophene rings is 1. The fourth-order valence-electron chi connectivity index (χ4n) is 2.84. The third-order valence-electron chi connectivity index (χ3n) is 4.00. The maximum absolute atomic E-state index is 12.4. The molecule has 3 rings (SSSR count). The number of hydrogen-bond acceptors (Lipinski definition) is 4. The van der Waals surface area contributed by atoms with Crippen LogP contribution in [0.4, 0.5) is 0 Å². The fourth-order valence-corrected chi connectivity index (χ4v) is 3.89. The summed E-state index contributed by atoms with van der Waals surface area (Å²) in [7, 11) is 0. The van der Waals surface area contributed by atoms with Crippen LogP contribution in [0.3, 0.4) is 0 Å². The number of carbonyl (C=O) groups excluding carboxylic acids is 1. The quantitative estimate of drug-likeness (QED) is 0.909. The van der Waals surface area contributed by atoms with Crippen LogP contribution in [0.25, 0.3) is 10.1 Å². The van der Waals surface area contributed by atoms with Gasteiger partial charge in [0.05, 0.1) is 19.6 Å². The van der Waals surface area contributed by atoms with Gasteiger partial charge in [0.1, 0.15) is 5.60 Å². The lowest BCUT2D eigenvalue weighted by Gasteiger charge is -2.38. The first-order valence-electron chi connectivity index (χ1n) is 7.18. The molecule has 4 nitrogen and oxygen atoms in total. The Balaban J connectivity index is 1.71. The standard InChI is InChI=1S/C16H19NO3S/c18-11-16(20)6-3-7-17(10-16)15(19)9-13-8-12-4-1-2-5-14(12)21-13/h1-2,4-5,8,18,20H,3,6-7,9-11H2/t16-/m0/s1. The maximum atomic E-state index is 12.4. The summed E-state index contributed by atoms with van der Waals surface area (Å²) in [5, 5.41) is 20.6. The highest BCUT2D eigenvalue weighted by Gasteiger charge is 2.34. The van der Waals surface area contributed by atoms with Gasteiger partial charge in [-0.1, -0.05) is 18.2 Å². The molecular weight excluding hydrogens is 286 g/mol. The molecule has 0 saturated carbocycles. The van der Waals surface area contributed by atoms with Crippen LogP contribution in [0, 0.1) is 0 Å². The van der Waals surface area contributed by atoms with Gasteiger partial charge < -0.3 is 15.1 Å². The molecule has 1 amide bonds. The van der Waals surface area contributed by atoms with Gasteiger partial charge in [-0.2, -0.15) is 0 Å². The van der Waals surface area contributed by atoms with Gasteiger partial charge in [0.2, 0.25) is 5.91 Å². The molecule has 1 saturated heterocycles. The Hall–Kier alpha value is -1.43. The molecule has 21 heavy (non-hydrogen) atoms. The highest BCUT2D eigenvalue weighted by molar-refractivity contribution is 7.19. The molecule has 2 N–H and O–H groups in total. The Morgan fingerprint density at radius 1 is 1.38 bits per heavy atom. The summed E-state index contributed by atoms with van der Waals surface area (Å²) in [6, 6.07) is 10.1. The average Bonchev–Trinajstić information content (AvgIpc) is 2.89. The number of β-amino-alcohol motifs (C(OH)–C–C–N with tert-alkyl or cyclic N) is 1. The van der Waals surface area contributed by atoms with Gasteiger partial charge in [-0.3, -0.25) is 4.79 Å². The van der Waals surface area contributed by atoms with Gasteiger partial charge in [-0.05, 0) is 30.4 Å². The Labute approximate surface area is 127 Å². The second-order valence-electron chi connectivity index (χ2n) is 5.73. The molecule has 1 aliphatic rings. The highest BCUT2D eigenvalue weighted by atomic mass is 32.1. The molecule has 0 radical (unpaired) electrons. The van der Waals surface area contributed by atoms with Crippen LogP contribution in [0.1, 0.15) is 17.7 Å². The molecule has 0 unspecified atom stereocenters. The zero-order chi connectivity index (χ0) is 14.9. The fraction of sp³-hybridized carbons (Fsp3) is 0.438. The molecule has 1 atom stereocenters. The maximum Gasteiger partial charge on any atom is 0.227 e. The molecule has 1 fully saturated rings. The van der Waals surface area contributed by atoms with E-state index in [-0.39, 0.29) is 19.1 Å². The van der Waals surface area contributed by atoms with Gasteiger partial charge in [0, 0.05) is 16.1 Å². The number of fused-ring (bicyclic) bond motifs is 1. The smallest absolute Gasteiger partial charge is 0.227 e. The molecule has 0 spiro atoms. The number of benzene rings is 1. The van der Waals surface area contributed by atoms with E-state index in [1.54, 1.807) is 16.2 Å². The average molecular weight is 305 g/mol. The molecule has 1 aromatic heterocycles. The molecular formula is C16H19NO3S. The van der Waals surface area contributed by atoms with Crippen molar-refractivity contribution in [1.82, 2.24) is 4.90 Å². The largest absolute Gasteiger partial charge is 0.393 e. The van der Waals surface area contributed by atoms with E-state index >= 15 is 0 Å². The van der Waals surface area contributed by atoms with Crippen LogP contribution >= 0.6 is 11.3 Å². The van der Waals surface area contributed by atoms with Gasteiger partial charge in [-0.15, -0.1) is 11.3 Å². The molecule has 5 heteroatoms. The van der Waals surface area contributed by atoms with Crippen LogP contribution in [0.15, 0.2) is 30.3 Å². The van der Waals surface area contributed by atoms with Gasteiger partial charge in [0.15, 0.2) is 0 Å². The number of amides is 1. The molecule has 2 aromatic rings. The SMILES string of the molecule is O=C(Cc1cc2ccccc2s1)N1CCC[C@@](O)(CO)C1. The Morgan fingerprint density at radius 2 is 2.19 bits per heavy atom. The monoisotopic (exact) mass is 305 g/mol. The Bertz CT molecular complexity index is 621. The minimum atomic E-state index is -1.13. The summed E-state index contributed by atoms with van der Waals surface area (Å²) in [5.41, 5.74) is -1.13. The van der Waals surface area contributed by atoms with E-state index < -0.39 is 5.60 Å². The number of piperidine rings is 1. The van der Waals surface area contributed by atoms with E-state index in [0.717, 1.165) is 16.7 Å². The summed E-state index contributed by atoms with van der Waals surface area (Å²) in [6.07, 6.45) is 1.65. The third-order valence-corrected chi connectivity index (χ3v) is 5.12. The highest BCUT2D eigenvalue weighted by Crippen LogP contribution is 2.27. The zero-order valence-electron chi connectivity index (χ0n) is 11.8. The number of carbonyl (C=O) groups is 1. The van der Waals surface area contributed by atoms with Crippen molar-refractivity contribution in [3.05, 3.63) is 35.2 Å². The topological polar surface area (TPSA) is 60.8 Å². The van der Waals surface area contributed by atoms with Crippen molar-refractivity contribution >= 4 is 27.3 Å². The predicted molar refractivity (Wildman–Crippen MR) is 83.4 cm³/mol. The van der Waals surface area contributed by atoms with Crippen LogP contribution in [0.2, 0.25) is 0 Å². The summed E-state index contributed by atoms with van der Waals surface area (Å²) in [4.78, 5) is 15.1. The normalized spacial score (nSPS) is 22.7. The second kappa shape index (κ2) is 5.75. The minimum absolute atomic E-state index is 0.0214. The van der Waals surface area contributed by atoms with Crippen molar-refractivity contribution in [2.75, 3.05) is 19.7 Å². The van der Waals surface area contributed by atoms with Crippen molar-refractivity contribution in [3.63, 3.8) is 0 Å². The van der Waals surface area contributed by atoms with Crippen LogP contribution in [-0.2, 0) is 11.2 Å². The van der Waals surface area contributed by atoms with Gasteiger partial charge >= 0.3 is 0 Å². The molecule has 1 aromatic carbocycles. The van der Waals surface area contributed by atoms with Crippen molar-refractivity contribution < 1.29 is 15.0 Å². The number of nitrogens with zero attached hydrogens (tertiary/aromatic N) is 1. The van der Waals surface area contributed by atoms with Crippen molar-refractivity contribution in [1.29, 1.82) is 0 Å². The second-order valence-corrected chi connectivity index (χ2v) is 6.90. The third kappa shape index (κ3) is 3.10. The van der Waals surface area contributed by atoms with E-state index in [2.05, 4.69) is 12.1 Å². The number of likely N-dealkylation sites (tertiary alicyclic amines) is 1. The minimum Gasteiger partial charge on any atom is -0.393 e. The van der Waals surface area contributed by atoms with Crippen molar-refractivity contribution in [2.45, 2.75) is 24.9 Å². The molecule has 0 bridgehead atoms. The molecule has 2 heterocycles. The van der Waals surface area contributed by atoms with Crippen LogP contribution < -0.4 is 0 Å². The predicted octanol–water partition coefficient (Wildman–Crippen LogP) is 1.79. The molecule has 112 valence electrons. The van der Waals surface area contributed by atoms with Crippen molar-refractivity contribution in [2.24, 2.45) is 0 Å². The summed E-state index contributed by atoms with van der Waals surface area (Å²) in [6.45, 7) is 0.596. The first-order valence-corrected chi connectivity index (χ1v) is 8.00.